The molecule has 0 saturated carbocycles. The molecule has 0 fully saturated rings. The lowest BCUT2D eigenvalue weighted by atomic mass is 10.1. The van der Waals surface area contributed by atoms with Crippen LogP contribution in [0.25, 0.3) is 0 Å². The Morgan fingerprint density at radius 1 is 1.29 bits per heavy atom. The van der Waals surface area contributed by atoms with E-state index in [1.165, 1.54) is 16.9 Å². The molecule has 98 valence electrons. The summed E-state index contributed by atoms with van der Waals surface area (Å²) in [5.41, 5.74) is 1.42. The molecule has 0 aromatic carbocycles. The van der Waals surface area contributed by atoms with Gasteiger partial charge in [0, 0.05) is 24.1 Å². The van der Waals surface area contributed by atoms with Gasteiger partial charge in [-0.05, 0) is 49.7 Å². The lowest BCUT2D eigenvalue weighted by Crippen LogP contribution is -2.23. The van der Waals surface area contributed by atoms with Crippen molar-refractivity contribution in [1.82, 2.24) is 5.32 Å². The molecule has 17 heavy (non-hydrogen) atoms. The van der Waals surface area contributed by atoms with E-state index in [1.807, 2.05) is 11.3 Å². The third-order valence-corrected chi connectivity index (χ3v) is 3.57. The minimum absolute atomic E-state index is 0.455. The molecule has 0 bridgehead atoms. The van der Waals surface area contributed by atoms with Crippen LogP contribution >= 0.6 is 11.3 Å². The van der Waals surface area contributed by atoms with Crippen molar-refractivity contribution >= 4 is 11.3 Å². The second kappa shape index (κ2) is 8.67. The maximum atomic E-state index is 5.58. The van der Waals surface area contributed by atoms with Crippen LogP contribution in [0.3, 0.4) is 0 Å². The molecule has 1 aromatic heterocycles. The highest BCUT2D eigenvalue weighted by molar-refractivity contribution is 7.10. The zero-order valence-electron chi connectivity index (χ0n) is 11.3. The standard InChI is InChI=1S/C14H25NOS/c1-4-7-15-14(6-9-16-8-5-2)13-10-12(3)17-11-13/h10-11,14-15H,4-9H2,1-3H3. The van der Waals surface area contributed by atoms with Crippen LogP contribution in [0.4, 0.5) is 0 Å². The van der Waals surface area contributed by atoms with E-state index in [4.69, 9.17) is 4.74 Å². The van der Waals surface area contributed by atoms with Gasteiger partial charge in [-0.25, -0.2) is 0 Å². The zero-order valence-corrected chi connectivity index (χ0v) is 12.1. The topological polar surface area (TPSA) is 21.3 Å². The van der Waals surface area contributed by atoms with Crippen molar-refractivity contribution in [2.45, 2.75) is 46.1 Å². The van der Waals surface area contributed by atoms with E-state index in [9.17, 15) is 0 Å². The van der Waals surface area contributed by atoms with Crippen molar-refractivity contribution in [2.75, 3.05) is 19.8 Å². The van der Waals surface area contributed by atoms with Crippen molar-refractivity contribution in [1.29, 1.82) is 0 Å². The minimum Gasteiger partial charge on any atom is -0.381 e. The second-order valence-electron chi connectivity index (χ2n) is 4.40. The van der Waals surface area contributed by atoms with Crippen LogP contribution in [0, 0.1) is 6.92 Å². The van der Waals surface area contributed by atoms with Gasteiger partial charge in [0.05, 0.1) is 0 Å². The Balaban J connectivity index is 2.42. The highest BCUT2D eigenvalue weighted by Crippen LogP contribution is 2.22. The normalized spacial score (nSPS) is 12.9. The molecule has 0 spiro atoms. The first kappa shape index (κ1) is 14.7. The van der Waals surface area contributed by atoms with Crippen LogP contribution in [0.5, 0.6) is 0 Å². The van der Waals surface area contributed by atoms with Gasteiger partial charge in [0.15, 0.2) is 0 Å². The number of ether oxygens (including phenoxy) is 1. The fourth-order valence-corrected chi connectivity index (χ4v) is 2.56. The Morgan fingerprint density at radius 2 is 2.12 bits per heavy atom. The van der Waals surface area contributed by atoms with Gasteiger partial charge in [-0.2, -0.15) is 0 Å². The third kappa shape index (κ3) is 5.66. The smallest absolute Gasteiger partial charge is 0.0484 e. The van der Waals surface area contributed by atoms with Crippen LogP contribution in [0.1, 0.15) is 49.6 Å². The van der Waals surface area contributed by atoms with Crippen LogP contribution < -0.4 is 5.32 Å². The van der Waals surface area contributed by atoms with E-state index in [1.54, 1.807) is 0 Å². The number of rotatable bonds is 9. The molecule has 0 aliphatic carbocycles. The first-order valence-electron chi connectivity index (χ1n) is 6.64. The van der Waals surface area contributed by atoms with Crippen LogP contribution in [0.2, 0.25) is 0 Å². The van der Waals surface area contributed by atoms with E-state index in [2.05, 4.69) is 37.5 Å². The molecule has 0 aliphatic rings. The van der Waals surface area contributed by atoms with Crippen molar-refractivity contribution in [3.05, 3.63) is 21.9 Å². The molecule has 1 heterocycles. The monoisotopic (exact) mass is 255 g/mol. The van der Waals surface area contributed by atoms with Crippen LogP contribution in [-0.4, -0.2) is 19.8 Å². The number of hydrogen-bond acceptors (Lipinski definition) is 3. The van der Waals surface area contributed by atoms with Gasteiger partial charge in [0.2, 0.25) is 0 Å². The zero-order chi connectivity index (χ0) is 12.5. The van der Waals surface area contributed by atoms with Crippen molar-refractivity contribution < 1.29 is 4.74 Å². The number of aryl methyl sites for hydroxylation is 1. The summed E-state index contributed by atoms with van der Waals surface area (Å²) in [5, 5.41) is 5.87. The fourth-order valence-electron chi connectivity index (χ4n) is 1.80. The van der Waals surface area contributed by atoms with E-state index in [0.717, 1.165) is 32.6 Å². The summed E-state index contributed by atoms with van der Waals surface area (Å²) in [6.45, 7) is 9.32. The third-order valence-electron chi connectivity index (χ3n) is 2.69. The van der Waals surface area contributed by atoms with E-state index < -0.39 is 0 Å². The Morgan fingerprint density at radius 3 is 2.71 bits per heavy atom. The molecule has 1 unspecified atom stereocenters. The first-order valence-corrected chi connectivity index (χ1v) is 7.52. The lowest BCUT2D eigenvalue weighted by molar-refractivity contribution is 0.124. The van der Waals surface area contributed by atoms with Gasteiger partial charge in [-0.3, -0.25) is 0 Å². The predicted molar refractivity (Wildman–Crippen MR) is 75.8 cm³/mol. The quantitative estimate of drug-likeness (QED) is 0.675. The molecular weight excluding hydrogens is 230 g/mol. The predicted octanol–water partition coefficient (Wildman–Crippen LogP) is 3.91. The summed E-state index contributed by atoms with van der Waals surface area (Å²) in [5.74, 6) is 0. The molecular formula is C14H25NOS. The summed E-state index contributed by atoms with van der Waals surface area (Å²) >= 11 is 1.83. The van der Waals surface area contributed by atoms with Gasteiger partial charge in [0.1, 0.15) is 0 Å². The molecule has 1 N–H and O–H groups in total. The maximum absolute atomic E-state index is 5.58. The van der Waals surface area contributed by atoms with Crippen molar-refractivity contribution in [3.63, 3.8) is 0 Å². The Labute approximate surface area is 109 Å². The average molecular weight is 255 g/mol. The van der Waals surface area contributed by atoms with Crippen molar-refractivity contribution in [3.8, 4) is 0 Å². The van der Waals surface area contributed by atoms with Crippen molar-refractivity contribution in [2.24, 2.45) is 0 Å². The van der Waals surface area contributed by atoms with Gasteiger partial charge in [-0.15, -0.1) is 11.3 Å². The second-order valence-corrected chi connectivity index (χ2v) is 5.51. The molecule has 2 nitrogen and oxygen atoms in total. The molecule has 0 aliphatic heterocycles. The number of thiophene rings is 1. The Hall–Kier alpha value is -0.380. The summed E-state index contributed by atoms with van der Waals surface area (Å²) in [6, 6.07) is 2.74. The SMILES string of the molecule is CCCNC(CCOCCC)c1csc(C)c1. The van der Waals surface area contributed by atoms with Crippen LogP contribution in [0.15, 0.2) is 11.4 Å². The van der Waals surface area contributed by atoms with Crippen LogP contribution in [-0.2, 0) is 4.74 Å². The highest BCUT2D eigenvalue weighted by Gasteiger charge is 2.11. The molecule has 0 amide bonds. The van der Waals surface area contributed by atoms with E-state index >= 15 is 0 Å². The molecule has 3 heteroatoms. The van der Waals surface area contributed by atoms with E-state index in [-0.39, 0.29) is 0 Å². The van der Waals surface area contributed by atoms with Gasteiger partial charge in [-0.1, -0.05) is 13.8 Å². The summed E-state index contributed by atoms with van der Waals surface area (Å²) in [7, 11) is 0. The summed E-state index contributed by atoms with van der Waals surface area (Å²) in [4.78, 5) is 1.39. The Kier molecular flexibility index (Phi) is 7.49. The first-order chi connectivity index (χ1) is 8.27. The molecule has 0 saturated heterocycles. The minimum atomic E-state index is 0.455. The highest BCUT2D eigenvalue weighted by atomic mass is 32.1. The van der Waals surface area contributed by atoms with Gasteiger partial charge >= 0.3 is 0 Å². The summed E-state index contributed by atoms with van der Waals surface area (Å²) in [6.07, 6.45) is 3.34. The van der Waals surface area contributed by atoms with E-state index in [0.29, 0.717) is 6.04 Å². The maximum Gasteiger partial charge on any atom is 0.0484 e. The molecule has 0 radical (unpaired) electrons. The summed E-state index contributed by atoms with van der Waals surface area (Å²) < 4.78 is 5.58. The number of nitrogens with one attached hydrogen (secondary N) is 1. The fraction of sp³-hybridized carbons (Fsp3) is 0.714. The van der Waals surface area contributed by atoms with Gasteiger partial charge in [0.25, 0.3) is 0 Å². The molecule has 1 atom stereocenters. The molecule has 1 rings (SSSR count). The number of hydrogen-bond donors (Lipinski definition) is 1. The molecule has 1 aromatic rings. The lowest BCUT2D eigenvalue weighted by Gasteiger charge is -2.17. The van der Waals surface area contributed by atoms with Gasteiger partial charge < -0.3 is 10.1 Å². The Bertz CT molecular complexity index is 298. The average Bonchev–Trinajstić information content (AvgIpc) is 2.75. The largest absolute Gasteiger partial charge is 0.381 e.